The lowest BCUT2D eigenvalue weighted by Gasteiger charge is -2.00. The molecule has 13 heavy (non-hydrogen) atoms. The van der Waals surface area contributed by atoms with Crippen molar-refractivity contribution in [2.75, 3.05) is 0 Å². The Morgan fingerprint density at radius 3 is 2.69 bits per heavy atom. The second-order valence-corrected chi connectivity index (χ2v) is 3.37. The molecule has 0 spiro atoms. The summed E-state index contributed by atoms with van der Waals surface area (Å²) >= 11 is 1.76. The van der Waals surface area contributed by atoms with Crippen molar-refractivity contribution in [3.63, 3.8) is 0 Å². The van der Waals surface area contributed by atoms with Gasteiger partial charge in [0.25, 0.3) is 6.43 Å². The van der Waals surface area contributed by atoms with Crippen molar-refractivity contribution >= 4 is 28.4 Å². The van der Waals surface area contributed by atoms with Gasteiger partial charge in [-0.25, -0.2) is 8.78 Å². The molecule has 0 aliphatic carbocycles. The van der Waals surface area contributed by atoms with Gasteiger partial charge in [0, 0.05) is 0 Å². The third-order valence-corrected chi connectivity index (χ3v) is 1.86. The molecule has 0 radical (unpaired) electrons. The van der Waals surface area contributed by atoms with Gasteiger partial charge in [-0.1, -0.05) is 0 Å². The summed E-state index contributed by atoms with van der Waals surface area (Å²) in [6.45, 7) is 0. The van der Waals surface area contributed by atoms with Crippen LogP contribution >= 0.6 is 22.6 Å². The summed E-state index contributed by atoms with van der Waals surface area (Å²) < 4.78 is 24.9. The highest BCUT2D eigenvalue weighted by atomic mass is 127. The number of alkyl halides is 2. The molecule has 0 bridgehead atoms. The van der Waals surface area contributed by atoms with E-state index in [0.29, 0.717) is 3.57 Å². The number of pyridine rings is 1. The fraction of sp³-hybridized carbons (Fsp3) is 0.167. The van der Waals surface area contributed by atoms with Crippen LogP contribution < -0.4 is 0 Å². The van der Waals surface area contributed by atoms with E-state index >= 15 is 0 Å². The molecule has 7 heteroatoms. The Bertz CT molecular complexity index is 345. The van der Waals surface area contributed by atoms with Crippen molar-refractivity contribution in [2.24, 2.45) is 0 Å². The fourth-order valence-corrected chi connectivity index (χ4v) is 1.24. The minimum Gasteiger partial charge on any atom is -0.358 e. The molecule has 0 aliphatic rings. The lowest BCUT2D eigenvalue weighted by molar-refractivity contribution is -0.391. The second kappa shape index (κ2) is 3.90. The van der Waals surface area contributed by atoms with E-state index in [1.807, 2.05) is 0 Å². The molecule has 1 aromatic rings. The highest BCUT2D eigenvalue weighted by Gasteiger charge is 2.22. The fourth-order valence-electron chi connectivity index (χ4n) is 0.761. The van der Waals surface area contributed by atoms with Gasteiger partial charge in [-0.3, -0.25) is 0 Å². The zero-order chi connectivity index (χ0) is 10.0. The molecule has 0 aliphatic heterocycles. The normalized spacial score (nSPS) is 10.5. The molecule has 0 fully saturated rings. The highest BCUT2D eigenvalue weighted by Crippen LogP contribution is 2.27. The summed E-state index contributed by atoms with van der Waals surface area (Å²) in [4.78, 5) is 12.6. The molecule has 0 N–H and O–H groups in total. The Morgan fingerprint density at radius 2 is 2.23 bits per heavy atom. The number of hydrogen-bond acceptors (Lipinski definition) is 3. The van der Waals surface area contributed by atoms with Crippen LogP contribution in [0.1, 0.15) is 12.0 Å². The number of aromatic nitrogens is 1. The smallest absolute Gasteiger partial charge is 0.358 e. The lowest BCUT2D eigenvalue weighted by Crippen LogP contribution is -1.99. The van der Waals surface area contributed by atoms with Crippen molar-refractivity contribution < 1.29 is 13.7 Å². The predicted octanol–water partition coefficient (Wildman–Crippen LogP) is 2.53. The highest BCUT2D eigenvalue weighted by molar-refractivity contribution is 14.1. The Morgan fingerprint density at radius 1 is 1.62 bits per heavy atom. The number of nitro groups is 1. The summed E-state index contributed by atoms with van der Waals surface area (Å²) in [7, 11) is 0. The molecule has 0 aromatic carbocycles. The average molecular weight is 300 g/mol. The first-order chi connectivity index (χ1) is 6.02. The first kappa shape index (κ1) is 10.2. The van der Waals surface area contributed by atoms with Crippen LogP contribution in [0.5, 0.6) is 0 Å². The summed E-state index contributed by atoms with van der Waals surface area (Å²) in [6.07, 6.45) is -1.70. The summed E-state index contributed by atoms with van der Waals surface area (Å²) in [5.74, 6) is -0.782. The van der Waals surface area contributed by atoms with E-state index in [-0.39, 0.29) is 0 Å². The third kappa shape index (κ3) is 2.29. The van der Waals surface area contributed by atoms with Gasteiger partial charge in [-0.2, -0.15) is 0 Å². The zero-order valence-electron chi connectivity index (χ0n) is 6.08. The van der Waals surface area contributed by atoms with E-state index in [1.165, 1.54) is 6.20 Å². The van der Waals surface area contributed by atoms with Crippen molar-refractivity contribution in [1.29, 1.82) is 0 Å². The Kier molecular flexibility index (Phi) is 3.07. The minimum atomic E-state index is -2.87. The van der Waals surface area contributed by atoms with E-state index < -0.39 is 22.7 Å². The van der Waals surface area contributed by atoms with Gasteiger partial charge in [-0.05, 0) is 38.6 Å². The van der Waals surface area contributed by atoms with Crippen molar-refractivity contribution in [3.8, 4) is 0 Å². The number of hydrogen-bond donors (Lipinski definition) is 0. The van der Waals surface area contributed by atoms with Gasteiger partial charge in [0.05, 0.1) is 3.57 Å². The molecule has 70 valence electrons. The summed E-state index contributed by atoms with van der Waals surface area (Å²) in [5, 5.41) is 10.2. The van der Waals surface area contributed by atoms with E-state index in [1.54, 1.807) is 22.6 Å². The molecular weight excluding hydrogens is 297 g/mol. The zero-order valence-corrected chi connectivity index (χ0v) is 8.23. The molecule has 1 heterocycles. The standard InChI is InChI=1S/C6H3F2IN2O2/c7-5(8)4-1-3(9)2-10-6(4)11(12)13/h1-2,5H. The maximum absolute atomic E-state index is 12.2. The minimum absolute atomic E-state index is 0.443. The molecule has 0 unspecified atom stereocenters. The van der Waals surface area contributed by atoms with Crippen LogP contribution in [-0.2, 0) is 0 Å². The maximum atomic E-state index is 12.2. The Hall–Kier alpha value is -0.860. The van der Waals surface area contributed by atoms with Gasteiger partial charge in [0.2, 0.25) is 0 Å². The molecule has 0 saturated heterocycles. The van der Waals surface area contributed by atoms with Crippen molar-refractivity contribution in [1.82, 2.24) is 4.98 Å². The maximum Gasteiger partial charge on any atom is 0.372 e. The van der Waals surface area contributed by atoms with Crippen LogP contribution in [0, 0.1) is 13.7 Å². The topological polar surface area (TPSA) is 56.0 Å². The predicted molar refractivity (Wildman–Crippen MR) is 48.6 cm³/mol. The quantitative estimate of drug-likeness (QED) is 0.479. The lowest BCUT2D eigenvalue weighted by atomic mass is 10.3. The summed E-state index contributed by atoms with van der Waals surface area (Å²) in [6, 6.07) is 1.05. The van der Waals surface area contributed by atoms with E-state index in [2.05, 4.69) is 4.98 Å². The third-order valence-electron chi connectivity index (χ3n) is 1.27. The largest absolute Gasteiger partial charge is 0.372 e. The molecule has 0 saturated carbocycles. The van der Waals surface area contributed by atoms with Crippen LogP contribution in [-0.4, -0.2) is 9.91 Å². The molecule has 4 nitrogen and oxygen atoms in total. The summed E-state index contributed by atoms with van der Waals surface area (Å²) in [5.41, 5.74) is -0.642. The van der Waals surface area contributed by atoms with E-state index in [4.69, 9.17) is 0 Å². The Balaban J connectivity index is 3.26. The SMILES string of the molecule is O=[N+]([O-])c1ncc(I)cc1C(F)F. The van der Waals surface area contributed by atoms with Gasteiger partial charge in [0.15, 0.2) is 6.20 Å². The van der Waals surface area contributed by atoms with Crippen LogP contribution in [0.25, 0.3) is 0 Å². The van der Waals surface area contributed by atoms with Crippen LogP contribution in [0.4, 0.5) is 14.6 Å². The molecular formula is C6H3F2IN2O2. The van der Waals surface area contributed by atoms with Crippen LogP contribution in [0.2, 0.25) is 0 Å². The van der Waals surface area contributed by atoms with Gasteiger partial charge >= 0.3 is 5.82 Å². The molecule has 1 rings (SSSR count). The molecule has 0 amide bonds. The first-order valence-electron chi connectivity index (χ1n) is 3.10. The number of rotatable bonds is 2. The van der Waals surface area contributed by atoms with E-state index in [9.17, 15) is 18.9 Å². The van der Waals surface area contributed by atoms with Crippen molar-refractivity contribution in [3.05, 3.63) is 31.5 Å². The van der Waals surface area contributed by atoms with E-state index in [0.717, 1.165) is 6.07 Å². The second-order valence-electron chi connectivity index (χ2n) is 2.12. The van der Waals surface area contributed by atoms with Gasteiger partial charge < -0.3 is 10.1 Å². The van der Waals surface area contributed by atoms with Crippen LogP contribution in [0.15, 0.2) is 12.3 Å². The number of halogens is 3. The monoisotopic (exact) mass is 300 g/mol. The van der Waals surface area contributed by atoms with Crippen LogP contribution in [0.3, 0.4) is 0 Å². The van der Waals surface area contributed by atoms with Crippen molar-refractivity contribution in [2.45, 2.75) is 6.43 Å². The molecule has 1 aromatic heterocycles. The average Bonchev–Trinajstić information content (AvgIpc) is 2.03. The molecule has 0 atom stereocenters. The van der Waals surface area contributed by atoms with Gasteiger partial charge in [-0.15, -0.1) is 0 Å². The Labute approximate surface area is 85.3 Å². The number of nitrogens with zero attached hydrogens (tertiary/aromatic N) is 2. The first-order valence-corrected chi connectivity index (χ1v) is 4.18. The van der Waals surface area contributed by atoms with Gasteiger partial charge in [0.1, 0.15) is 5.56 Å².